The van der Waals surface area contributed by atoms with Gasteiger partial charge in [-0.2, -0.15) is 0 Å². The molecule has 0 atom stereocenters. The lowest BCUT2D eigenvalue weighted by molar-refractivity contribution is -0.485. The zero-order valence-electron chi connectivity index (χ0n) is 23.1. The number of carbonyl (C=O) groups is 4. The molecule has 3 heterocycles. The molecule has 1 aliphatic rings. The van der Waals surface area contributed by atoms with Gasteiger partial charge < -0.3 is 31.7 Å². The van der Waals surface area contributed by atoms with Gasteiger partial charge in [-0.3, -0.25) is 24.5 Å². The quantitative estimate of drug-likeness (QED) is 0.0320. The minimum atomic E-state index is -0.910. The van der Waals surface area contributed by atoms with E-state index >= 15 is 0 Å². The number of carbonyl (C=O) groups excluding carboxylic acids is 4. The maximum Gasteiger partial charge on any atom is 0.266 e. The summed E-state index contributed by atoms with van der Waals surface area (Å²) in [4.78, 5) is 64.3. The van der Waals surface area contributed by atoms with Gasteiger partial charge in [0, 0.05) is 64.9 Å². The number of imide groups is 1. The number of hydrazone groups is 1. The molecule has 4 aromatic rings. The van der Waals surface area contributed by atoms with Crippen molar-refractivity contribution in [3.63, 3.8) is 0 Å². The summed E-state index contributed by atoms with van der Waals surface area (Å²) in [5.74, 6) is -1.92. The number of aryl methyl sites for hydroxylation is 1. The first-order chi connectivity index (χ1) is 20.5. The third-order valence-corrected chi connectivity index (χ3v) is 7.02. The molecule has 2 aromatic heterocycles. The molecule has 15 nitrogen and oxygen atoms in total. The Morgan fingerprint density at radius 3 is 2.51 bits per heavy atom. The van der Waals surface area contributed by atoms with Crippen LogP contribution in [0.5, 0.6) is 0 Å². The Labute approximate surface area is 243 Å². The minimum absolute atomic E-state index is 0.0401. The van der Waals surface area contributed by atoms with Crippen LogP contribution in [0, 0.1) is 10.1 Å². The summed E-state index contributed by atoms with van der Waals surface area (Å²) < 4.78 is 1.74. The third kappa shape index (κ3) is 5.38. The molecule has 8 N–H and O–H groups in total. The second kappa shape index (κ2) is 11.1. The van der Waals surface area contributed by atoms with E-state index in [1.807, 2.05) is 0 Å². The van der Waals surface area contributed by atoms with E-state index < -0.39 is 16.8 Å². The number of Topliss-reactive ketones (excluding diaryl/α,β-unsaturated/α-hetero) is 1. The van der Waals surface area contributed by atoms with E-state index in [2.05, 4.69) is 26.0 Å². The number of amides is 3. The van der Waals surface area contributed by atoms with Crippen LogP contribution in [0.2, 0.25) is 0 Å². The van der Waals surface area contributed by atoms with Crippen molar-refractivity contribution in [1.29, 1.82) is 0 Å². The highest BCUT2D eigenvalue weighted by molar-refractivity contribution is 6.51. The molecule has 0 saturated carbocycles. The number of nitrogens with two attached hydrogens (primary N) is 2. The number of hydrogen-bond donors (Lipinski definition) is 6. The second-order valence-corrected chi connectivity index (χ2v) is 9.88. The van der Waals surface area contributed by atoms with E-state index in [-0.39, 0.29) is 46.7 Å². The highest BCUT2D eigenvalue weighted by Crippen LogP contribution is 2.42. The van der Waals surface area contributed by atoms with Gasteiger partial charge in [0.2, 0.25) is 5.91 Å². The molecule has 5 rings (SSSR count). The van der Waals surface area contributed by atoms with Crippen molar-refractivity contribution < 1.29 is 24.2 Å². The SMILES string of the molecule is CC(=O)Nc1ccc2[nH]cc(C3=C(c4c(N)n(CCCNC(N)=N[N+](=O)[O-])c5ccc(C(C)=O)cc45)C(=O)NC3=O)c2c1. The Morgan fingerprint density at radius 2 is 1.81 bits per heavy atom. The number of rotatable bonds is 9. The number of ketones is 1. The number of fused-ring (bicyclic) bond motifs is 2. The molecule has 0 fully saturated rings. The van der Waals surface area contributed by atoms with E-state index in [1.54, 1.807) is 47.2 Å². The van der Waals surface area contributed by atoms with Gasteiger partial charge in [-0.1, -0.05) is 0 Å². The number of anilines is 2. The zero-order chi connectivity index (χ0) is 31.0. The minimum Gasteiger partial charge on any atom is -0.385 e. The molecular weight excluding hydrogens is 558 g/mol. The average molecular weight is 586 g/mol. The Balaban J connectivity index is 1.67. The van der Waals surface area contributed by atoms with Crippen LogP contribution in [0.1, 0.15) is 41.8 Å². The number of aromatic amines is 1. The lowest BCUT2D eigenvalue weighted by Gasteiger charge is -2.10. The Hall–Kier alpha value is -5.99. The number of guanidine groups is 1. The number of aromatic nitrogens is 2. The molecular formula is C28H27N9O6. The van der Waals surface area contributed by atoms with Crippen LogP contribution in [-0.4, -0.2) is 50.6 Å². The van der Waals surface area contributed by atoms with Gasteiger partial charge in [-0.25, -0.2) is 10.1 Å². The first-order valence-electron chi connectivity index (χ1n) is 13.1. The summed E-state index contributed by atoms with van der Waals surface area (Å²) in [6.07, 6.45) is 2.01. The molecule has 3 amide bonds. The van der Waals surface area contributed by atoms with Gasteiger partial charge >= 0.3 is 0 Å². The zero-order valence-corrected chi connectivity index (χ0v) is 23.1. The lowest BCUT2D eigenvalue weighted by Crippen LogP contribution is -2.33. The predicted octanol–water partition coefficient (Wildman–Crippen LogP) is 1.92. The number of nitrogens with zero attached hydrogens (tertiary/aromatic N) is 3. The van der Waals surface area contributed by atoms with Crippen LogP contribution in [0.3, 0.4) is 0 Å². The first kappa shape index (κ1) is 28.5. The second-order valence-electron chi connectivity index (χ2n) is 9.88. The lowest BCUT2D eigenvalue weighted by atomic mass is 9.94. The van der Waals surface area contributed by atoms with Gasteiger partial charge in [0.15, 0.2) is 10.8 Å². The molecule has 0 bridgehead atoms. The van der Waals surface area contributed by atoms with E-state index in [0.29, 0.717) is 51.6 Å². The van der Waals surface area contributed by atoms with Crippen LogP contribution in [0.25, 0.3) is 33.0 Å². The molecule has 43 heavy (non-hydrogen) atoms. The van der Waals surface area contributed by atoms with Crippen LogP contribution in [0.4, 0.5) is 11.5 Å². The maximum absolute atomic E-state index is 13.4. The standard InChI is InChI=1S/C28H27N9O6/c1-13(38)15-4-7-21-18(10-15)22(25(29)36(21)9-3-8-31-28(30)35-37(42)43)24-23(26(40)34-27(24)41)19-12-32-20-6-5-16(11-17(19)20)33-14(2)39/h4-7,10-12,32H,3,8-9,29H2,1-2H3,(H,33,39)(H3,30,31,35)(H,34,40,41). The Kier molecular flexibility index (Phi) is 7.38. The average Bonchev–Trinajstić information content (AvgIpc) is 3.55. The fourth-order valence-electron chi connectivity index (χ4n) is 5.23. The monoisotopic (exact) mass is 585 g/mol. The predicted molar refractivity (Wildman–Crippen MR) is 160 cm³/mol. The van der Waals surface area contributed by atoms with Crippen molar-refractivity contribution in [2.75, 3.05) is 17.6 Å². The number of nitrogen functional groups attached to an aromatic ring is 1. The first-order valence-corrected chi connectivity index (χ1v) is 13.1. The van der Waals surface area contributed by atoms with Crippen LogP contribution >= 0.6 is 0 Å². The highest BCUT2D eigenvalue weighted by Gasteiger charge is 2.36. The molecule has 220 valence electrons. The third-order valence-electron chi connectivity index (χ3n) is 7.02. The van der Waals surface area contributed by atoms with Gasteiger partial charge in [-0.15, -0.1) is 0 Å². The van der Waals surface area contributed by atoms with E-state index in [0.717, 1.165) is 0 Å². The molecule has 0 radical (unpaired) electrons. The number of benzene rings is 2. The molecule has 2 aromatic carbocycles. The number of H-pyrrole nitrogens is 1. The van der Waals surface area contributed by atoms with Gasteiger partial charge in [0.25, 0.3) is 17.8 Å². The van der Waals surface area contributed by atoms with Crippen molar-refractivity contribution in [1.82, 2.24) is 20.2 Å². The van der Waals surface area contributed by atoms with E-state index in [1.165, 1.54) is 13.8 Å². The topological polar surface area (TPSA) is 233 Å². The summed E-state index contributed by atoms with van der Waals surface area (Å²) >= 11 is 0. The number of nitrogens with one attached hydrogen (secondary N) is 4. The van der Waals surface area contributed by atoms with Gasteiger partial charge in [-0.05, 0) is 49.7 Å². The van der Waals surface area contributed by atoms with Crippen molar-refractivity contribution in [3.05, 3.63) is 69.4 Å². The summed E-state index contributed by atoms with van der Waals surface area (Å²) in [5.41, 5.74) is 15.2. The largest absolute Gasteiger partial charge is 0.385 e. The molecule has 0 aliphatic carbocycles. The van der Waals surface area contributed by atoms with Crippen molar-refractivity contribution >= 4 is 73.9 Å². The van der Waals surface area contributed by atoms with Crippen molar-refractivity contribution in [3.8, 4) is 0 Å². The van der Waals surface area contributed by atoms with Crippen LogP contribution < -0.4 is 27.4 Å². The smallest absolute Gasteiger partial charge is 0.266 e. The van der Waals surface area contributed by atoms with Crippen LogP contribution in [0.15, 0.2) is 47.7 Å². The van der Waals surface area contributed by atoms with E-state index in [9.17, 15) is 29.3 Å². The fraction of sp³-hybridized carbons (Fsp3) is 0.179. The number of hydrogen-bond acceptors (Lipinski definition) is 7. The summed E-state index contributed by atoms with van der Waals surface area (Å²) in [6, 6.07) is 10.1. The normalized spacial score (nSPS) is 13.6. The summed E-state index contributed by atoms with van der Waals surface area (Å²) in [6.45, 7) is 3.32. The Morgan fingerprint density at radius 1 is 1.07 bits per heavy atom. The summed E-state index contributed by atoms with van der Waals surface area (Å²) in [7, 11) is 0. The number of nitro groups is 1. The molecule has 0 saturated heterocycles. The maximum atomic E-state index is 13.4. The Bertz CT molecular complexity index is 1930. The highest BCUT2D eigenvalue weighted by atomic mass is 16.7. The van der Waals surface area contributed by atoms with Gasteiger partial charge in [0.05, 0.1) is 16.7 Å². The molecule has 0 spiro atoms. The summed E-state index contributed by atoms with van der Waals surface area (Å²) in [5, 5.41) is 21.4. The van der Waals surface area contributed by atoms with Gasteiger partial charge in [0.1, 0.15) is 10.9 Å². The molecule has 1 aliphatic heterocycles. The fourth-order valence-corrected chi connectivity index (χ4v) is 5.23. The van der Waals surface area contributed by atoms with Crippen molar-refractivity contribution in [2.24, 2.45) is 10.8 Å². The van der Waals surface area contributed by atoms with Crippen molar-refractivity contribution in [2.45, 2.75) is 26.8 Å². The van der Waals surface area contributed by atoms with Crippen LogP contribution in [-0.2, 0) is 20.9 Å². The molecule has 15 heteroatoms. The van der Waals surface area contributed by atoms with E-state index in [4.69, 9.17) is 11.5 Å². The molecule has 0 unspecified atom stereocenters.